The number of halogens is 1. The lowest BCUT2D eigenvalue weighted by atomic mass is 10.2. The van der Waals surface area contributed by atoms with Crippen LogP contribution >= 0.6 is 15.9 Å². The minimum absolute atomic E-state index is 0.708. The lowest BCUT2D eigenvalue weighted by Gasteiger charge is -2.00. The number of hydrogen-bond donors (Lipinski definition) is 1. The molecular formula is C13H19BrN2. The summed E-state index contributed by atoms with van der Waals surface area (Å²) in [6.45, 7) is 8.00. The van der Waals surface area contributed by atoms with Gasteiger partial charge in [-0.3, -0.25) is 4.98 Å². The highest BCUT2D eigenvalue weighted by molar-refractivity contribution is 9.10. The first-order chi connectivity index (χ1) is 7.77. The molecule has 88 valence electrons. The predicted molar refractivity (Wildman–Crippen MR) is 76.6 cm³/mol. The van der Waals surface area contributed by atoms with E-state index in [1.807, 2.05) is 52.0 Å². The molecule has 2 aromatic rings. The van der Waals surface area contributed by atoms with Gasteiger partial charge in [-0.2, -0.15) is 0 Å². The molecule has 0 aliphatic rings. The van der Waals surface area contributed by atoms with Gasteiger partial charge in [0, 0.05) is 16.1 Å². The summed E-state index contributed by atoms with van der Waals surface area (Å²) >= 11 is 3.38. The highest BCUT2D eigenvalue weighted by atomic mass is 79.9. The number of nitrogens with zero attached hydrogens (tertiary/aromatic N) is 1. The molecule has 1 heterocycles. The van der Waals surface area contributed by atoms with Crippen molar-refractivity contribution in [3.8, 4) is 0 Å². The Bertz CT molecular complexity index is 427. The van der Waals surface area contributed by atoms with Crippen molar-refractivity contribution in [1.29, 1.82) is 0 Å². The van der Waals surface area contributed by atoms with Crippen LogP contribution in [0.15, 0.2) is 34.9 Å². The van der Waals surface area contributed by atoms with Crippen LogP contribution in [0.25, 0.3) is 10.9 Å². The highest BCUT2D eigenvalue weighted by Crippen LogP contribution is 2.23. The Kier molecular flexibility index (Phi) is 7.56. The predicted octanol–water partition coefficient (Wildman–Crippen LogP) is 4.63. The van der Waals surface area contributed by atoms with Gasteiger partial charge in [-0.1, -0.05) is 49.7 Å². The summed E-state index contributed by atoms with van der Waals surface area (Å²) in [5, 5.41) is 1.06. The number of benzene rings is 1. The fraction of sp³-hybridized carbons (Fsp3) is 0.308. The zero-order chi connectivity index (χ0) is 12.6. The van der Waals surface area contributed by atoms with Crippen molar-refractivity contribution in [1.82, 2.24) is 4.98 Å². The zero-order valence-corrected chi connectivity index (χ0v) is 11.9. The van der Waals surface area contributed by atoms with Crippen molar-refractivity contribution >= 4 is 32.5 Å². The average Bonchev–Trinajstić information content (AvgIpc) is 2.34. The molecule has 0 amide bonds. The molecule has 0 radical (unpaired) electrons. The van der Waals surface area contributed by atoms with Crippen LogP contribution in [0.2, 0.25) is 0 Å². The number of aromatic nitrogens is 1. The quantitative estimate of drug-likeness (QED) is 0.716. The van der Waals surface area contributed by atoms with E-state index in [0.29, 0.717) is 5.69 Å². The third-order valence-corrected chi connectivity index (χ3v) is 2.16. The second-order valence-corrected chi connectivity index (χ2v) is 3.49. The molecule has 16 heavy (non-hydrogen) atoms. The Morgan fingerprint density at radius 3 is 2.38 bits per heavy atom. The van der Waals surface area contributed by atoms with E-state index in [-0.39, 0.29) is 0 Å². The van der Waals surface area contributed by atoms with Crippen LogP contribution in [0.3, 0.4) is 0 Å². The van der Waals surface area contributed by atoms with Gasteiger partial charge in [0.1, 0.15) is 0 Å². The van der Waals surface area contributed by atoms with E-state index in [1.54, 1.807) is 6.20 Å². The lowest BCUT2D eigenvalue weighted by molar-refractivity contribution is 1.41. The van der Waals surface area contributed by atoms with Gasteiger partial charge in [-0.15, -0.1) is 0 Å². The first-order valence-corrected chi connectivity index (χ1v) is 6.36. The number of rotatable bonds is 0. The van der Waals surface area contributed by atoms with E-state index >= 15 is 0 Å². The van der Waals surface area contributed by atoms with Crippen LogP contribution in [0.1, 0.15) is 27.7 Å². The Balaban J connectivity index is 0.000000509. The zero-order valence-electron chi connectivity index (χ0n) is 10.3. The third-order valence-electron chi connectivity index (χ3n) is 1.70. The van der Waals surface area contributed by atoms with E-state index in [4.69, 9.17) is 5.73 Å². The molecule has 0 saturated carbocycles. The maximum atomic E-state index is 5.76. The van der Waals surface area contributed by atoms with Crippen molar-refractivity contribution in [2.24, 2.45) is 0 Å². The summed E-state index contributed by atoms with van der Waals surface area (Å²) in [5.41, 5.74) is 7.33. The molecule has 0 aliphatic heterocycles. The summed E-state index contributed by atoms with van der Waals surface area (Å²) < 4.78 is 0.987. The van der Waals surface area contributed by atoms with Crippen LogP contribution in [0, 0.1) is 0 Å². The third kappa shape index (κ3) is 3.81. The number of hydrogen-bond acceptors (Lipinski definition) is 2. The SMILES string of the molecule is CC.CC.Nc1cc(Br)cc2cccnc12. The van der Waals surface area contributed by atoms with Crippen LogP contribution in [-0.4, -0.2) is 4.98 Å². The molecule has 0 saturated heterocycles. The number of anilines is 1. The second kappa shape index (κ2) is 8.11. The Morgan fingerprint density at radius 2 is 1.75 bits per heavy atom. The molecule has 2 rings (SSSR count). The normalized spacial score (nSPS) is 8.56. The molecule has 0 fully saturated rings. The van der Waals surface area contributed by atoms with Gasteiger partial charge in [0.25, 0.3) is 0 Å². The van der Waals surface area contributed by atoms with Gasteiger partial charge in [0.05, 0.1) is 11.2 Å². The molecule has 3 heteroatoms. The topological polar surface area (TPSA) is 38.9 Å². The molecule has 2 nitrogen and oxygen atoms in total. The van der Waals surface area contributed by atoms with Crippen molar-refractivity contribution in [2.75, 3.05) is 5.73 Å². The molecule has 0 spiro atoms. The van der Waals surface area contributed by atoms with Crippen molar-refractivity contribution in [2.45, 2.75) is 27.7 Å². The molecule has 1 aromatic heterocycles. The summed E-state index contributed by atoms with van der Waals surface area (Å²) in [6.07, 6.45) is 1.74. The van der Waals surface area contributed by atoms with Crippen molar-refractivity contribution in [3.05, 3.63) is 34.9 Å². The maximum Gasteiger partial charge on any atom is 0.0931 e. The lowest BCUT2D eigenvalue weighted by Crippen LogP contribution is -1.88. The summed E-state index contributed by atoms with van der Waals surface area (Å²) in [6, 6.07) is 7.74. The monoisotopic (exact) mass is 282 g/mol. The number of nitrogen functional groups attached to an aromatic ring is 1. The summed E-state index contributed by atoms with van der Waals surface area (Å²) in [7, 11) is 0. The van der Waals surface area contributed by atoms with Crippen LogP contribution in [-0.2, 0) is 0 Å². The molecule has 1 aromatic carbocycles. The summed E-state index contributed by atoms with van der Waals surface area (Å²) in [5.74, 6) is 0. The Labute approximate surface area is 106 Å². The number of pyridine rings is 1. The van der Waals surface area contributed by atoms with Crippen LogP contribution in [0.5, 0.6) is 0 Å². The molecule has 0 aliphatic carbocycles. The average molecular weight is 283 g/mol. The fourth-order valence-corrected chi connectivity index (χ4v) is 1.68. The van der Waals surface area contributed by atoms with E-state index < -0.39 is 0 Å². The smallest absolute Gasteiger partial charge is 0.0931 e. The second-order valence-electron chi connectivity index (χ2n) is 2.57. The minimum Gasteiger partial charge on any atom is -0.397 e. The van der Waals surface area contributed by atoms with Gasteiger partial charge in [-0.05, 0) is 18.2 Å². The van der Waals surface area contributed by atoms with E-state index in [0.717, 1.165) is 15.4 Å². The largest absolute Gasteiger partial charge is 0.397 e. The molecular weight excluding hydrogens is 264 g/mol. The highest BCUT2D eigenvalue weighted by Gasteiger charge is 1.98. The van der Waals surface area contributed by atoms with Gasteiger partial charge in [-0.25, -0.2) is 0 Å². The molecule has 0 bridgehead atoms. The van der Waals surface area contributed by atoms with Crippen molar-refractivity contribution in [3.63, 3.8) is 0 Å². The van der Waals surface area contributed by atoms with E-state index in [2.05, 4.69) is 20.9 Å². The maximum absolute atomic E-state index is 5.76. The van der Waals surface area contributed by atoms with Crippen LogP contribution in [0.4, 0.5) is 5.69 Å². The first kappa shape index (κ1) is 14.9. The van der Waals surface area contributed by atoms with Gasteiger partial charge >= 0.3 is 0 Å². The summed E-state index contributed by atoms with van der Waals surface area (Å²) in [4.78, 5) is 4.18. The Morgan fingerprint density at radius 1 is 1.12 bits per heavy atom. The van der Waals surface area contributed by atoms with Crippen molar-refractivity contribution < 1.29 is 0 Å². The van der Waals surface area contributed by atoms with Crippen LogP contribution < -0.4 is 5.73 Å². The van der Waals surface area contributed by atoms with E-state index in [1.165, 1.54) is 0 Å². The fourth-order valence-electron chi connectivity index (χ4n) is 1.18. The van der Waals surface area contributed by atoms with Gasteiger partial charge < -0.3 is 5.73 Å². The molecule has 2 N–H and O–H groups in total. The molecule has 0 atom stereocenters. The first-order valence-electron chi connectivity index (χ1n) is 5.57. The number of nitrogens with two attached hydrogens (primary N) is 1. The molecule has 0 unspecified atom stereocenters. The number of fused-ring (bicyclic) bond motifs is 1. The Hall–Kier alpha value is -1.09. The minimum atomic E-state index is 0.708. The van der Waals surface area contributed by atoms with Gasteiger partial charge in [0.2, 0.25) is 0 Å². The van der Waals surface area contributed by atoms with Gasteiger partial charge in [0.15, 0.2) is 0 Å². The standard InChI is InChI=1S/C9H7BrN2.2C2H6/c10-7-4-6-2-1-3-12-9(6)8(11)5-7;2*1-2/h1-5H,11H2;2*1-2H3. The van der Waals surface area contributed by atoms with E-state index in [9.17, 15) is 0 Å².